The molecule has 0 aromatic carbocycles. The first-order valence-corrected chi connectivity index (χ1v) is 5.83. The second-order valence-electron chi connectivity index (χ2n) is 3.49. The van der Waals surface area contributed by atoms with Gasteiger partial charge in [-0.05, 0) is 40.4 Å². The van der Waals surface area contributed by atoms with Gasteiger partial charge in [-0.1, -0.05) is 0 Å². The zero-order valence-corrected chi connectivity index (χ0v) is 10.8. The number of hydrogen-bond donors (Lipinski definition) is 0. The maximum absolute atomic E-state index is 5.19. The van der Waals surface area contributed by atoms with Crippen LogP contribution in [0.2, 0.25) is 0 Å². The van der Waals surface area contributed by atoms with Gasteiger partial charge >= 0.3 is 0 Å². The minimum Gasteiger partial charge on any atom is -0.350 e. The van der Waals surface area contributed by atoms with E-state index in [2.05, 4.69) is 25.9 Å². The Kier molecular flexibility index (Phi) is 3.68. The Labute approximate surface area is 103 Å². The third-order valence-corrected chi connectivity index (χ3v) is 3.10. The molecule has 1 aliphatic heterocycles. The summed E-state index contributed by atoms with van der Waals surface area (Å²) in [5.74, 6) is 0.767. The lowest BCUT2D eigenvalue weighted by Gasteiger charge is -2.17. The summed E-state index contributed by atoms with van der Waals surface area (Å²) in [4.78, 5) is 8.74. The first-order valence-electron chi connectivity index (χ1n) is 5.03. The van der Waals surface area contributed by atoms with Gasteiger partial charge in [0.1, 0.15) is 5.69 Å². The molecule has 1 aromatic rings. The van der Waals surface area contributed by atoms with E-state index in [-0.39, 0.29) is 0 Å². The summed E-state index contributed by atoms with van der Waals surface area (Å²) in [6.07, 6.45) is 3.38. The Morgan fingerprint density at radius 3 is 2.81 bits per heavy atom. The van der Waals surface area contributed by atoms with Crippen molar-refractivity contribution in [3.05, 3.63) is 21.8 Å². The monoisotopic (exact) mass is 284 g/mol. The van der Waals surface area contributed by atoms with Crippen LogP contribution in [0.1, 0.15) is 24.0 Å². The van der Waals surface area contributed by atoms with Gasteiger partial charge < -0.3 is 9.47 Å². The van der Waals surface area contributed by atoms with Crippen LogP contribution in [0, 0.1) is 0 Å². The van der Waals surface area contributed by atoms with Crippen LogP contribution in [0.5, 0.6) is 0 Å². The maximum atomic E-state index is 5.19. The molecule has 0 unspecified atom stereocenters. The number of fused-ring (bicyclic) bond motifs is 1. The Morgan fingerprint density at radius 1 is 1.38 bits per heavy atom. The highest BCUT2D eigenvalue weighted by Crippen LogP contribution is 2.31. The number of ether oxygens (including phenoxy) is 2. The quantitative estimate of drug-likeness (QED) is 0.802. The summed E-state index contributed by atoms with van der Waals surface area (Å²) >= 11 is 3.48. The zero-order chi connectivity index (χ0) is 11.5. The molecule has 0 aliphatic carbocycles. The fourth-order valence-electron chi connectivity index (χ4n) is 1.68. The first-order chi connectivity index (χ1) is 7.76. The molecule has 0 amide bonds. The molecule has 1 aliphatic rings. The molecule has 0 radical (unpaired) electrons. The van der Waals surface area contributed by atoms with Gasteiger partial charge in [0.15, 0.2) is 5.82 Å². The summed E-state index contributed by atoms with van der Waals surface area (Å²) < 4.78 is 11.3. The smallest absolute Gasteiger partial charge is 0.201 e. The number of aliphatic imine (C=N–C) groups is 1. The fourth-order valence-corrected chi connectivity index (χ4v) is 2.23. The van der Waals surface area contributed by atoms with Crippen LogP contribution < -0.4 is 0 Å². The van der Waals surface area contributed by atoms with Crippen molar-refractivity contribution in [2.24, 2.45) is 4.99 Å². The van der Waals surface area contributed by atoms with Crippen molar-refractivity contribution in [3.63, 3.8) is 0 Å². The largest absolute Gasteiger partial charge is 0.350 e. The van der Waals surface area contributed by atoms with Gasteiger partial charge in [0, 0.05) is 24.9 Å². The van der Waals surface area contributed by atoms with Crippen LogP contribution in [0.25, 0.3) is 0 Å². The molecule has 2 heterocycles. The van der Waals surface area contributed by atoms with Crippen molar-refractivity contribution in [2.45, 2.75) is 19.1 Å². The normalized spacial score (nSPS) is 14.2. The van der Waals surface area contributed by atoms with E-state index in [4.69, 9.17) is 9.47 Å². The lowest BCUT2D eigenvalue weighted by atomic mass is 10.1. The van der Waals surface area contributed by atoms with Crippen molar-refractivity contribution in [1.82, 2.24) is 4.98 Å². The topological polar surface area (TPSA) is 43.7 Å². The van der Waals surface area contributed by atoms with Crippen LogP contribution in [0.4, 0.5) is 5.82 Å². The molecule has 0 fully saturated rings. The van der Waals surface area contributed by atoms with Gasteiger partial charge in [0.2, 0.25) is 6.29 Å². The standard InChI is InChI=1S/C11H13BrN2O2/c1-15-11(16-2)9-8(12)6-7-4-3-5-13-10(7)14-9/h5-6,11H,3-4H2,1-2H3. The Morgan fingerprint density at radius 2 is 2.12 bits per heavy atom. The molecule has 1 aromatic heterocycles. The van der Waals surface area contributed by atoms with E-state index in [1.54, 1.807) is 14.2 Å². The number of rotatable bonds is 3. The second kappa shape index (κ2) is 5.03. The van der Waals surface area contributed by atoms with Crippen molar-refractivity contribution in [3.8, 4) is 0 Å². The predicted octanol–water partition coefficient (Wildman–Crippen LogP) is 2.78. The molecule has 16 heavy (non-hydrogen) atoms. The van der Waals surface area contributed by atoms with Gasteiger partial charge in [-0.15, -0.1) is 0 Å². The zero-order valence-electron chi connectivity index (χ0n) is 9.24. The Hall–Kier alpha value is -0.780. The van der Waals surface area contributed by atoms with E-state index in [0.717, 1.165) is 34.4 Å². The fraction of sp³-hybridized carbons (Fsp3) is 0.455. The molecule has 0 spiro atoms. The third kappa shape index (κ3) is 2.16. The number of pyridine rings is 1. The Bertz CT molecular complexity index is 417. The van der Waals surface area contributed by atoms with Gasteiger partial charge in [-0.2, -0.15) is 0 Å². The molecule has 86 valence electrons. The minimum atomic E-state index is -0.461. The van der Waals surface area contributed by atoms with Crippen LogP contribution in [-0.4, -0.2) is 25.4 Å². The minimum absolute atomic E-state index is 0.461. The van der Waals surface area contributed by atoms with Gasteiger partial charge in [-0.3, -0.25) is 0 Å². The average molecular weight is 285 g/mol. The summed E-state index contributed by atoms with van der Waals surface area (Å²) in [5.41, 5.74) is 1.88. The number of aryl methyl sites for hydroxylation is 1. The number of methoxy groups -OCH3 is 2. The van der Waals surface area contributed by atoms with Crippen molar-refractivity contribution in [2.75, 3.05) is 14.2 Å². The van der Waals surface area contributed by atoms with E-state index < -0.39 is 6.29 Å². The first kappa shape index (κ1) is 11.7. The van der Waals surface area contributed by atoms with Crippen molar-refractivity contribution < 1.29 is 9.47 Å². The molecular formula is C11H13BrN2O2. The highest BCUT2D eigenvalue weighted by atomic mass is 79.9. The summed E-state index contributed by atoms with van der Waals surface area (Å²) in [6, 6.07) is 2.04. The lowest BCUT2D eigenvalue weighted by Crippen LogP contribution is -2.09. The highest BCUT2D eigenvalue weighted by Gasteiger charge is 2.18. The average Bonchev–Trinajstić information content (AvgIpc) is 2.31. The van der Waals surface area contributed by atoms with Gasteiger partial charge in [-0.25, -0.2) is 9.98 Å². The molecule has 0 saturated carbocycles. The molecule has 0 atom stereocenters. The van der Waals surface area contributed by atoms with Crippen LogP contribution in [-0.2, 0) is 15.9 Å². The lowest BCUT2D eigenvalue weighted by molar-refractivity contribution is -0.109. The number of hydrogen-bond acceptors (Lipinski definition) is 4. The molecular weight excluding hydrogens is 272 g/mol. The van der Waals surface area contributed by atoms with Crippen LogP contribution in [0.3, 0.4) is 0 Å². The summed E-state index contributed by atoms with van der Waals surface area (Å²) in [7, 11) is 3.18. The van der Waals surface area contributed by atoms with Gasteiger partial charge in [0.05, 0.1) is 0 Å². The number of nitrogens with zero attached hydrogens (tertiary/aromatic N) is 2. The molecule has 0 bridgehead atoms. The maximum Gasteiger partial charge on any atom is 0.201 e. The second-order valence-corrected chi connectivity index (χ2v) is 4.35. The number of aromatic nitrogens is 1. The summed E-state index contributed by atoms with van der Waals surface area (Å²) in [6.45, 7) is 0. The van der Waals surface area contributed by atoms with E-state index in [9.17, 15) is 0 Å². The van der Waals surface area contributed by atoms with Gasteiger partial charge in [0.25, 0.3) is 0 Å². The van der Waals surface area contributed by atoms with E-state index >= 15 is 0 Å². The van der Waals surface area contributed by atoms with Crippen molar-refractivity contribution >= 4 is 28.0 Å². The predicted molar refractivity (Wildman–Crippen MR) is 65.2 cm³/mol. The third-order valence-electron chi connectivity index (χ3n) is 2.47. The SMILES string of the molecule is COC(OC)c1nc2c(cc1Br)CCC=N2. The highest BCUT2D eigenvalue weighted by molar-refractivity contribution is 9.10. The van der Waals surface area contributed by atoms with E-state index in [1.807, 2.05) is 12.3 Å². The van der Waals surface area contributed by atoms with E-state index in [0.29, 0.717) is 0 Å². The molecule has 0 N–H and O–H groups in total. The number of halogens is 1. The van der Waals surface area contributed by atoms with E-state index in [1.165, 1.54) is 0 Å². The molecule has 2 rings (SSSR count). The van der Waals surface area contributed by atoms with Crippen LogP contribution >= 0.6 is 15.9 Å². The van der Waals surface area contributed by atoms with Crippen molar-refractivity contribution in [1.29, 1.82) is 0 Å². The molecule has 4 nitrogen and oxygen atoms in total. The van der Waals surface area contributed by atoms with Crippen LogP contribution in [0.15, 0.2) is 15.5 Å². The summed E-state index contributed by atoms with van der Waals surface area (Å²) in [5, 5.41) is 0. The molecule has 0 saturated heterocycles. The Balaban J connectivity index is 2.44. The molecule has 5 heteroatoms.